The first-order valence-electron chi connectivity index (χ1n) is 7.10. The van der Waals surface area contributed by atoms with Crippen LogP contribution in [-0.2, 0) is 17.6 Å². The van der Waals surface area contributed by atoms with Crippen LogP contribution in [0, 0.1) is 0 Å². The Kier molecular flexibility index (Phi) is 4.45. The molecule has 1 unspecified atom stereocenters. The smallest absolute Gasteiger partial charge is 0.144 e. The predicted molar refractivity (Wildman–Crippen MR) is 89.4 cm³/mol. The molecule has 0 amide bonds. The Balaban J connectivity index is 1.84. The van der Waals surface area contributed by atoms with Crippen LogP contribution in [0.1, 0.15) is 34.8 Å². The van der Waals surface area contributed by atoms with Gasteiger partial charge in [-0.25, -0.2) is 0 Å². The van der Waals surface area contributed by atoms with Crippen LogP contribution in [0.15, 0.2) is 34.1 Å². The average Bonchev–Trinajstić information content (AvgIpc) is 2.95. The molecule has 1 aliphatic carbocycles. The van der Waals surface area contributed by atoms with Gasteiger partial charge >= 0.3 is 0 Å². The molecule has 21 heavy (non-hydrogen) atoms. The highest BCUT2D eigenvalue weighted by Crippen LogP contribution is 2.36. The minimum atomic E-state index is 0.0590. The summed E-state index contributed by atoms with van der Waals surface area (Å²) in [4.78, 5) is 14.1. The van der Waals surface area contributed by atoms with Crippen molar-refractivity contribution in [3.63, 3.8) is 0 Å². The van der Waals surface area contributed by atoms with E-state index in [2.05, 4.69) is 27.4 Å². The second kappa shape index (κ2) is 6.32. The first-order chi connectivity index (χ1) is 10.2. The molecule has 1 atom stereocenters. The van der Waals surface area contributed by atoms with E-state index < -0.39 is 0 Å². The van der Waals surface area contributed by atoms with Crippen LogP contribution in [0.2, 0.25) is 0 Å². The van der Waals surface area contributed by atoms with E-state index in [1.165, 1.54) is 10.4 Å². The van der Waals surface area contributed by atoms with E-state index in [-0.39, 0.29) is 5.92 Å². The number of halogens is 1. The van der Waals surface area contributed by atoms with Gasteiger partial charge in [0, 0.05) is 27.3 Å². The zero-order valence-corrected chi connectivity index (χ0v) is 14.3. The van der Waals surface area contributed by atoms with Crippen molar-refractivity contribution in [3.05, 3.63) is 50.1 Å². The lowest BCUT2D eigenvalue weighted by Gasteiger charge is -2.21. The van der Waals surface area contributed by atoms with Gasteiger partial charge in [-0.2, -0.15) is 0 Å². The van der Waals surface area contributed by atoms with Crippen molar-refractivity contribution in [1.82, 2.24) is 0 Å². The van der Waals surface area contributed by atoms with Crippen molar-refractivity contribution in [3.8, 4) is 5.75 Å². The van der Waals surface area contributed by atoms with Crippen LogP contribution >= 0.6 is 27.3 Å². The summed E-state index contributed by atoms with van der Waals surface area (Å²) < 4.78 is 6.35. The molecule has 0 radical (unpaired) electrons. The summed E-state index contributed by atoms with van der Waals surface area (Å²) >= 11 is 5.24. The number of methoxy groups -OCH3 is 1. The third-order valence-electron chi connectivity index (χ3n) is 4.05. The molecule has 4 heteroatoms. The van der Waals surface area contributed by atoms with E-state index in [1.807, 2.05) is 18.2 Å². The summed E-state index contributed by atoms with van der Waals surface area (Å²) in [5, 5.41) is 2.11. The number of benzene rings is 1. The number of fused-ring (bicyclic) bond motifs is 1. The van der Waals surface area contributed by atoms with Crippen LogP contribution in [0.4, 0.5) is 0 Å². The van der Waals surface area contributed by atoms with E-state index >= 15 is 0 Å². The van der Waals surface area contributed by atoms with Crippen molar-refractivity contribution in [2.45, 2.75) is 31.6 Å². The lowest BCUT2D eigenvalue weighted by atomic mass is 9.83. The van der Waals surface area contributed by atoms with Crippen molar-refractivity contribution in [2.75, 3.05) is 7.11 Å². The van der Waals surface area contributed by atoms with Crippen molar-refractivity contribution in [1.29, 1.82) is 0 Å². The third-order valence-corrected chi connectivity index (χ3v) is 5.54. The number of rotatable bonds is 4. The molecule has 1 heterocycles. The quantitative estimate of drug-likeness (QED) is 0.782. The monoisotopic (exact) mass is 364 g/mol. The first kappa shape index (κ1) is 14.8. The molecule has 2 aromatic rings. The number of ketones is 1. The van der Waals surface area contributed by atoms with Crippen LogP contribution < -0.4 is 4.74 Å². The Morgan fingerprint density at radius 2 is 2.29 bits per heavy atom. The van der Waals surface area contributed by atoms with Gasteiger partial charge in [-0.1, -0.05) is 15.9 Å². The fourth-order valence-electron chi connectivity index (χ4n) is 3.02. The van der Waals surface area contributed by atoms with Crippen molar-refractivity contribution >= 4 is 33.0 Å². The molecular formula is C17H17BrO2S. The van der Waals surface area contributed by atoms with Gasteiger partial charge in [0.25, 0.3) is 0 Å². The second-order valence-electron chi connectivity index (χ2n) is 5.34. The van der Waals surface area contributed by atoms with Gasteiger partial charge in [0.1, 0.15) is 11.5 Å². The molecule has 0 bridgehead atoms. The summed E-state index contributed by atoms with van der Waals surface area (Å²) in [6, 6.07) is 7.95. The molecule has 1 aliphatic rings. The number of aryl methyl sites for hydroxylation is 1. The Morgan fingerprint density at radius 3 is 3.10 bits per heavy atom. The van der Waals surface area contributed by atoms with Gasteiger partial charge in [0.15, 0.2) is 0 Å². The van der Waals surface area contributed by atoms with Crippen molar-refractivity contribution in [2.24, 2.45) is 0 Å². The SMILES string of the molecule is COc1ccc(Br)cc1CC(=O)C1CCCc2sccc21. The van der Waals surface area contributed by atoms with E-state index in [0.29, 0.717) is 12.2 Å². The number of carbonyl (C=O) groups is 1. The largest absolute Gasteiger partial charge is 0.496 e. The van der Waals surface area contributed by atoms with E-state index in [9.17, 15) is 4.79 Å². The number of ether oxygens (including phenoxy) is 1. The number of hydrogen-bond donors (Lipinski definition) is 0. The van der Waals surface area contributed by atoms with Crippen LogP contribution in [0.5, 0.6) is 5.75 Å². The zero-order valence-electron chi connectivity index (χ0n) is 11.9. The Morgan fingerprint density at radius 1 is 1.43 bits per heavy atom. The van der Waals surface area contributed by atoms with Gasteiger partial charge in [0.2, 0.25) is 0 Å². The number of carbonyl (C=O) groups excluding carboxylic acids is 1. The van der Waals surface area contributed by atoms with E-state index in [1.54, 1.807) is 18.4 Å². The van der Waals surface area contributed by atoms with Crippen molar-refractivity contribution < 1.29 is 9.53 Å². The fourth-order valence-corrected chi connectivity index (χ4v) is 4.41. The minimum Gasteiger partial charge on any atom is -0.496 e. The Labute approximate surface area is 137 Å². The van der Waals surface area contributed by atoms with Gasteiger partial charge in [-0.3, -0.25) is 4.79 Å². The van der Waals surface area contributed by atoms with Crippen LogP contribution in [0.25, 0.3) is 0 Å². The minimum absolute atomic E-state index is 0.0590. The first-order valence-corrected chi connectivity index (χ1v) is 8.77. The number of thiophene rings is 1. The molecule has 1 aromatic carbocycles. The van der Waals surface area contributed by atoms with Gasteiger partial charge < -0.3 is 4.74 Å². The summed E-state index contributed by atoms with van der Waals surface area (Å²) in [6.45, 7) is 0. The van der Waals surface area contributed by atoms with Crippen LogP contribution in [-0.4, -0.2) is 12.9 Å². The third kappa shape index (κ3) is 3.06. The standard InChI is InChI=1S/C17H17BrO2S/c1-20-16-6-5-12(18)9-11(16)10-15(19)13-3-2-4-17-14(13)7-8-21-17/h5-9,13H,2-4,10H2,1H3. The van der Waals surface area contributed by atoms with E-state index in [4.69, 9.17) is 4.74 Å². The van der Waals surface area contributed by atoms with Gasteiger partial charge in [-0.15, -0.1) is 11.3 Å². The molecule has 2 nitrogen and oxygen atoms in total. The lowest BCUT2D eigenvalue weighted by Crippen LogP contribution is -2.19. The normalized spacial score (nSPS) is 17.3. The lowest BCUT2D eigenvalue weighted by molar-refractivity contribution is -0.120. The molecule has 0 aliphatic heterocycles. The fraction of sp³-hybridized carbons (Fsp3) is 0.353. The van der Waals surface area contributed by atoms with Crippen LogP contribution in [0.3, 0.4) is 0 Å². The maximum absolute atomic E-state index is 12.7. The van der Waals surface area contributed by atoms with Gasteiger partial charge in [0.05, 0.1) is 7.11 Å². The summed E-state index contributed by atoms with van der Waals surface area (Å²) in [7, 11) is 1.65. The highest BCUT2D eigenvalue weighted by molar-refractivity contribution is 9.10. The summed E-state index contributed by atoms with van der Waals surface area (Å²) in [5.74, 6) is 1.14. The maximum atomic E-state index is 12.7. The number of Topliss-reactive ketones (excluding diaryl/α,β-unsaturated/α-hetero) is 1. The molecule has 0 saturated carbocycles. The highest BCUT2D eigenvalue weighted by Gasteiger charge is 2.27. The average molecular weight is 365 g/mol. The molecule has 0 saturated heterocycles. The maximum Gasteiger partial charge on any atom is 0.144 e. The second-order valence-corrected chi connectivity index (χ2v) is 7.26. The summed E-state index contributed by atoms with van der Waals surface area (Å²) in [5.41, 5.74) is 2.21. The Bertz CT molecular complexity index is 663. The zero-order chi connectivity index (χ0) is 14.8. The highest BCUT2D eigenvalue weighted by atomic mass is 79.9. The molecule has 110 valence electrons. The topological polar surface area (TPSA) is 26.3 Å². The molecule has 0 spiro atoms. The Hall–Kier alpha value is -1.13. The molecule has 1 aromatic heterocycles. The van der Waals surface area contributed by atoms with Gasteiger partial charge in [-0.05, 0) is 54.5 Å². The molecular weight excluding hydrogens is 348 g/mol. The molecule has 3 rings (SSSR count). The molecule has 0 N–H and O–H groups in total. The number of hydrogen-bond acceptors (Lipinski definition) is 3. The predicted octanol–water partition coefficient (Wildman–Crippen LogP) is 4.75. The summed E-state index contributed by atoms with van der Waals surface area (Å²) in [6.07, 6.45) is 3.64. The van der Waals surface area contributed by atoms with E-state index in [0.717, 1.165) is 35.0 Å². The molecule has 0 fully saturated rings.